The van der Waals surface area contributed by atoms with E-state index < -0.39 is 0 Å². The predicted molar refractivity (Wildman–Crippen MR) is 92.7 cm³/mol. The number of fused-ring (bicyclic) bond motifs is 1. The molecule has 2 atom stereocenters. The second kappa shape index (κ2) is 7.24. The number of hydrogen-bond donors (Lipinski definition) is 1. The number of nitrogens with zero attached hydrogens (tertiary/aromatic N) is 1. The van der Waals surface area contributed by atoms with Crippen LogP contribution >= 0.6 is 0 Å². The number of rotatable bonds is 4. The van der Waals surface area contributed by atoms with Gasteiger partial charge >= 0.3 is 0 Å². The molecule has 1 amide bonds. The van der Waals surface area contributed by atoms with Gasteiger partial charge in [0.15, 0.2) is 0 Å². The van der Waals surface area contributed by atoms with Crippen molar-refractivity contribution in [2.45, 2.75) is 57.9 Å². The number of ether oxygens (including phenoxy) is 1. The summed E-state index contributed by atoms with van der Waals surface area (Å²) in [7, 11) is 0. The van der Waals surface area contributed by atoms with Crippen molar-refractivity contribution >= 4 is 11.6 Å². The summed E-state index contributed by atoms with van der Waals surface area (Å²) in [4.78, 5) is 15.3. The standard InChI is InChI=1S/C19H28N2O2/c1-2-12-23-18-13-15(20)9-10-16(18)19(22)21-11-5-7-14-6-3-4-8-17(14)21/h9-10,13-14,17H,2-8,11-12,20H2,1H3/t14-,17+/m1/s1. The van der Waals surface area contributed by atoms with Crippen molar-refractivity contribution in [2.24, 2.45) is 5.92 Å². The lowest BCUT2D eigenvalue weighted by Gasteiger charge is -2.44. The molecule has 2 aliphatic rings. The molecule has 2 fully saturated rings. The molecule has 0 unspecified atom stereocenters. The number of nitrogen functional groups attached to an aromatic ring is 1. The molecular weight excluding hydrogens is 288 g/mol. The van der Waals surface area contributed by atoms with E-state index in [9.17, 15) is 4.79 Å². The first kappa shape index (κ1) is 16.2. The topological polar surface area (TPSA) is 55.6 Å². The number of carbonyl (C=O) groups is 1. The Morgan fingerprint density at radius 2 is 2.04 bits per heavy atom. The van der Waals surface area contributed by atoms with E-state index in [4.69, 9.17) is 10.5 Å². The smallest absolute Gasteiger partial charge is 0.257 e. The first-order chi connectivity index (χ1) is 11.2. The number of carbonyl (C=O) groups excluding carboxylic acids is 1. The number of piperidine rings is 1. The molecule has 4 nitrogen and oxygen atoms in total. The lowest BCUT2D eigenvalue weighted by molar-refractivity contribution is 0.0387. The van der Waals surface area contributed by atoms with Crippen LogP contribution in [0.5, 0.6) is 5.75 Å². The Balaban J connectivity index is 1.84. The molecule has 23 heavy (non-hydrogen) atoms. The summed E-state index contributed by atoms with van der Waals surface area (Å²) in [5.41, 5.74) is 7.19. The van der Waals surface area contributed by atoms with Gasteiger partial charge in [0, 0.05) is 24.3 Å². The summed E-state index contributed by atoms with van der Waals surface area (Å²) in [6, 6.07) is 5.83. The van der Waals surface area contributed by atoms with Gasteiger partial charge in [-0.2, -0.15) is 0 Å². The van der Waals surface area contributed by atoms with Crippen LogP contribution in [0.15, 0.2) is 18.2 Å². The van der Waals surface area contributed by atoms with Crippen LogP contribution in [0, 0.1) is 5.92 Å². The van der Waals surface area contributed by atoms with E-state index in [0.717, 1.165) is 25.8 Å². The van der Waals surface area contributed by atoms with Crippen LogP contribution < -0.4 is 10.5 Å². The number of amides is 1. The highest BCUT2D eigenvalue weighted by Gasteiger charge is 2.36. The zero-order chi connectivity index (χ0) is 16.2. The van der Waals surface area contributed by atoms with E-state index in [1.807, 2.05) is 6.07 Å². The summed E-state index contributed by atoms with van der Waals surface area (Å²) < 4.78 is 5.79. The van der Waals surface area contributed by atoms with Crippen molar-refractivity contribution in [1.29, 1.82) is 0 Å². The molecule has 2 N–H and O–H groups in total. The average molecular weight is 316 g/mol. The SMILES string of the molecule is CCCOc1cc(N)ccc1C(=O)N1CCC[C@H]2CCCC[C@@H]21. The fourth-order valence-electron chi connectivity index (χ4n) is 4.08. The molecule has 0 spiro atoms. The van der Waals surface area contributed by atoms with Crippen molar-refractivity contribution in [3.05, 3.63) is 23.8 Å². The lowest BCUT2D eigenvalue weighted by atomic mass is 9.78. The normalized spacial score (nSPS) is 24.1. The molecule has 0 aromatic heterocycles. The molecule has 4 heteroatoms. The van der Waals surface area contributed by atoms with Crippen LogP contribution in [0.1, 0.15) is 62.2 Å². The van der Waals surface area contributed by atoms with Crippen LogP contribution in [0.25, 0.3) is 0 Å². The van der Waals surface area contributed by atoms with Crippen LogP contribution in [0.2, 0.25) is 0 Å². The molecule has 1 aromatic rings. The minimum Gasteiger partial charge on any atom is -0.493 e. The van der Waals surface area contributed by atoms with Gasteiger partial charge in [0.05, 0.1) is 12.2 Å². The third-order valence-corrected chi connectivity index (χ3v) is 5.20. The summed E-state index contributed by atoms with van der Waals surface area (Å²) in [6.45, 7) is 3.54. The molecule has 0 bridgehead atoms. The number of hydrogen-bond acceptors (Lipinski definition) is 3. The maximum Gasteiger partial charge on any atom is 0.257 e. The van der Waals surface area contributed by atoms with Crippen molar-refractivity contribution in [1.82, 2.24) is 4.90 Å². The van der Waals surface area contributed by atoms with Crippen molar-refractivity contribution in [2.75, 3.05) is 18.9 Å². The average Bonchev–Trinajstić information content (AvgIpc) is 2.59. The maximum atomic E-state index is 13.2. The molecule has 1 saturated carbocycles. The Bertz CT molecular complexity index is 556. The Labute approximate surface area is 139 Å². The van der Waals surface area contributed by atoms with Crippen LogP contribution in [0.3, 0.4) is 0 Å². The molecule has 1 aromatic carbocycles. The van der Waals surface area contributed by atoms with Crippen molar-refractivity contribution in [3.8, 4) is 5.75 Å². The minimum absolute atomic E-state index is 0.118. The second-order valence-electron chi connectivity index (χ2n) is 6.86. The Morgan fingerprint density at radius 3 is 2.87 bits per heavy atom. The molecule has 1 aliphatic carbocycles. The third-order valence-electron chi connectivity index (χ3n) is 5.20. The fourth-order valence-corrected chi connectivity index (χ4v) is 4.08. The Kier molecular flexibility index (Phi) is 5.09. The van der Waals surface area contributed by atoms with Gasteiger partial charge in [-0.3, -0.25) is 4.79 Å². The number of nitrogens with two attached hydrogens (primary N) is 1. The first-order valence-corrected chi connectivity index (χ1v) is 9.04. The van der Waals surface area contributed by atoms with Gasteiger partial charge in [-0.15, -0.1) is 0 Å². The highest BCUT2D eigenvalue weighted by atomic mass is 16.5. The second-order valence-corrected chi connectivity index (χ2v) is 6.86. The largest absolute Gasteiger partial charge is 0.493 e. The van der Waals surface area contributed by atoms with E-state index in [1.165, 1.54) is 25.7 Å². The first-order valence-electron chi connectivity index (χ1n) is 9.04. The van der Waals surface area contributed by atoms with Gasteiger partial charge in [0.2, 0.25) is 0 Å². The Morgan fingerprint density at radius 1 is 1.26 bits per heavy atom. The van der Waals surface area contributed by atoms with Crippen LogP contribution in [0.4, 0.5) is 5.69 Å². The summed E-state index contributed by atoms with van der Waals surface area (Å²) >= 11 is 0. The molecule has 1 aliphatic heterocycles. The van der Waals surface area contributed by atoms with Gasteiger partial charge in [-0.1, -0.05) is 19.8 Å². The van der Waals surface area contributed by atoms with Gasteiger partial charge in [-0.05, 0) is 50.2 Å². The zero-order valence-electron chi connectivity index (χ0n) is 14.1. The van der Waals surface area contributed by atoms with E-state index in [1.54, 1.807) is 12.1 Å². The summed E-state index contributed by atoms with van der Waals surface area (Å²) in [5, 5.41) is 0. The van der Waals surface area contributed by atoms with Crippen molar-refractivity contribution in [3.63, 3.8) is 0 Å². The van der Waals surface area contributed by atoms with E-state index in [0.29, 0.717) is 35.6 Å². The van der Waals surface area contributed by atoms with Crippen LogP contribution in [-0.4, -0.2) is 30.0 Å². The van der Waals surface area contributed by atoms with E-state index >= 15 is 0 Å². The Hall–Kier alpha value is -1.71. The third kappa shape index (κ3) is 3.46. The van der Waals surface area contributed by atoms with Gasteiger partial charge in [0.1, 0.15) is 5.75 Å². The lowest BCUT2D eigenvalue weighted by Crippen LogP contribution is -2.49. The highest BCUT2D eigenvalue weighted by Crippen LogP contribution is 2.37. The van der Waals surface area contributed by atoms with Gasteiger partial charge in [0.25, 0.3) is 5.91 Å². The number of anilines is 1. The molecular formula is C19H28N2O2. The number of benzene rings is 1. The molecule has 1 saturated heterocycles. The summed E-state index contributed by atoms with van der Waals surface area (Å²) in [5.74, 6) is 1.44. The summed E-state index contributed by atoms with van der Waals surface area (Å²) in [6.07, 6.45) is 8.28. The zero-order valence-corrected chi connectivity index (χ0v) is 14.1. The highest BCUT2D eigenvalue weighted by molar-refractivity contribution is 5.97. The number of likely N-dealkylation sites (tertiary alicyclic amines) is 1. The molecule has 3 rings (SSSR count). The van der Waals surface area contributed by atoms with Crippen molar-refractivity contribution < 1.29 is 9.53 Å². The van der Waals surface area contributed by atoms with Crippen LogP contribution in [-0.2, 0) is 0 Å². The minimum atomic E-state index is 0.118. The fraction of sp³-hybridized carbons (Fsp3) is 0.632. The monoisotopic (exact) mass is 316 g/mol. The quantitative estimate of drug-likeness (QED) is 0.858. The van der Waals surface area contributed by atoms with E-state index in [2.05, 4.69) is 11.8 Å². The van der Waals surface area contributed by atoms with Gasteiger partial charge < -0.3 is 15.4 Å². The van der Waals surface area contributed by atoms with E-state index in [-0.39, 0.29) is 5.91 Å². The molecule has 0 radical (unpaired) electrons. The molecule has 1 heterocycles. The molecule has 126 valence electrons. The maximum absolute atomic E-state index is 13.2. The van der Waals surface area contributed by atoms with Gasteiger partial charge in [-0.25, -0.2) is 0 Å². The predicted octanol–water partition coefficient (Wildman–Crippen LogP) is 3.85.